The van der Waals surface area contributed by atoms with Gasteiger partial charge >= 0.3 is 5.97 Å². The van der Waals surface area contributed by atoms with Crippen LogP contribution in [0, 0.1) is 0 Å². The number of ketones is 1. The van der Waals surface area contributed by atoms with Gasteiger partial charge in [0.05, 0.1) is 18.9 Å². The van der Waals surface area contributed by atoms with Gasteiger partial charge in [-0.1, -0.05) is 0 Å². The Balaban J connectivity index is 1.59. The monoisotopic (exact) mass is 393 g/mol. The van der Waals surface area contributed by atoms with E-state index < -0.39 is 18.0 Å². The highest BCUT2D eigenvalue weighted by atomic mass is 16.5. The van der Waals surface area contributed by atoms with E-state index >= 15 is 0 Å². The fraction of sp³-hybridized carbons (Fsp3) is 0.136. The molecule has 1 amide bonds. The van der Waals surface area contributed by atoms with E-state index in [2.05, 4.69) is 5.32 Å². The Labute approximate surface area is 167 Å². The molecule has 0 aliphatic carbocycles. The van der Waals surface area contributed by atoms with Gasteiger partial charge in [-0.25, -0.2) is 4.79 Å². The highest BCUT2D eigenvalue weighted by Crippen LogP contribution is 2.16. The van der Waals surface area contributed by atoms with Crippen LogP contribution in [0.15, 0.2) is 71.3 Å². The zero-order valence-corrected chi connectivity index (χ0v) is 15.9. The van der Waals surface area contributed by atoms with Crippen LogP contribution < -0.4 is 10.1 Å². The number of anilines is 1. The molecule has 0 aliphatic heterocycles. The van der Waals surface area contributed by atoms with Crippen molar-refractivity contribution >= 4 is 23.3 Å². The number of hydrogen-bond donors (Lipinski definition) is 1. The number of ether oxygens (including phenoxy) is 2. The molecule has 3 rings (SSSR count). The Bertz CT molecular complexity index is 991. The molecule has 3 aromatic rings. The molecule has 1 heterocycles. The fourth-order valence-electron chi connectivity index (χ4n) is 2.56. The van der Waals surface area contributed by atoms with Crippen molar-refractivity contribution in [2.24, 2.45) is 0 Å². The first kappa shape index (κ1) is 19.9. The molecule has 0 aliphatic rings. The normalized spacial score (nSPS) is 11.4. The SMILES string of the molecule is COc1ccc(C(=O)C(C)OC(=O)c2ccc(NC(=O)c3ccco3)cc2)cc1. The van der Waals surface area contributed by atoms with Gasteiger partial charge in [-0.05, 0) is 67.6 Å². The summed E-state index contributed by atoms with van der Waals surface area (Å²) in [5.74, 6) is -0.541. The highest BCUT2D eigenvalue weighted by molar-refractivity contribution is 6.03. The van der Waals surface area contributed by atoms with Gasteiger partial charge in [-0.15, -0.1) is 0 Å². The van der Waals surface area contributed by atoms with Crippen molar-refractivity contribution in [3.8, 4) is 5.75 Å². The molecule has 0 saturated heterocycles. The lowest BCUT2D eigenvalue weighted by molar-refractivity contribution is 0.0319. The van der Waals surface area contributed by atoms with E-state index in [4.69, 9.17) is 13.9 Å². The summed E-state index contributed by atoms with van der Waals surface area (Å²) >= 11 is 0. The molecule has 1 aromatic heterocycles. The number of furan rings is 1. The number of carbonyl (C=O) groups excluding carboxylic acids is 3. The minimum atomic E-state index is -0.950. The van der Waals surface area contributed by atoms with Gasteiger partial charge < -0.3 is 19.2 Å². The van der Waals surface area contributed by atoms with Gasteiger partial charge in [0.15, 0.2) is 11.9 Å². The Morgan fingerprint density at radius 3 is 2.17 bits per heavy atom. The lowest BCUT2D eigenvalue weighted by Gasteiger charge is -2.13. The second kappa shape index (κ2) is 8.88. The van der Waals surface area contributed by atoms with Gasteiger partial charge in [0, 0.05) is 11.3 Å². The van der Waals surface area contributed by atoms with Crippen LogP contribution in [0.1, 0.15) is 38.2 Å². The molecule has 148 valence electrons. The summed E-state index contributed by atoms with van der Waals surface area (Å²) in [6, 6.07) is 15.8. The maximum atomic E-state index is 12.4. The third kappa shape index (κ3) is 4.90. The van der Waals surface area contributed by atoms with Crippen LogP contribution in [0.5, 0.6) is 5.75 Å². The largest absolute Gasteiger partial charge is 0.497 e. The lowest BCUT2D eigenvalue weighted by atomic mass is 10.1. The average Bonchev–Trinajstić information content (AvgIpc) is 3.29. The number of nitrogens with one attached hydrogen (secondary N) is 1. The van der Waals surface area contributed by atoms with E-state index in [1.54, 1.807) is 48.5 Å². The summed E-state index contributed by atoms with van der Waals surface area (Å²) in [5, 5.41) is 2.65. The Kier molecular flexibility index (Phi) is 6.09. The van der Waals surface area contributed by atoms with Crippen molar-refractivity contribution in [1.29, 1.82) is 0 Å². The number of methoxy groups -OCH3 is 1. The van der Waals surface area contributed by atoms with Crippen molar-refractivity contribution < 1.29 is 28.3 Å². The van der Waals surface area contributed by atoms with Crippen LogP contribution in [0.3, 0.4) is 0 Å². The molecule has 0 fully saturated rings. The van der Waals surface area contributed by atoms with Crippen molar-refractivity contribution in [1.82, 2.24) is 0 Å². The first-order valence-corrected chi connectivity index (χ1v) is 8.82. The average molecular weight is 393 g/mol. The van der Waals surface area contributed by atoms with Crippen LogP contribution in [-0.4, -0.2) is 30.9 Å². The standard InChI is InChI=1S/C22H19NO6/c1-14(20(24)15-7-11-18(27-2)12-8-15)29-22(26)16-5-9-17(10-6-16)23-21(25)19-4-3-13-28-19/h3-14H,1-2H3,(H,23,25). The van der Waals surface area contributed by atoms with Gasteiger partial charge in [-0.2, -0.15) is 0 Å². The van der Waals surface area contributed by atoms with Crippen molar-refractivity contribution in [2.45, 2.75) is 13.0 Å². The van der Waals surface area contributed by atoms with E-state index in [0.29, 0.717) is 17.0 Å². The highest BCUT2D eigenvalue weighted by Gasteiger charge is 2.20. The molecule has 0 radical (unpaired) electrons. The predicted octanol–water partition coefficient (Wildman–Crippen LogP) is 3.97. The summed E-state index contributed by atoms with van der Waals surface area (Å²) in [5.41, 5.74) is 1.17. The zero-order valence-electron chi connectivity index (χ0n) is 15.9. The van der Waals surface area contributed by atoms with E-state index in [1.165, 1.54) is 32.4 Å². The molecule has 0 saturated carbocycles. The molecule has 7 heteroatoms. The van der Waals surface area contributed by atoms with Crippen LogP contribution in [0.2, 0.25) is 0 Å². The quantitative estimate of drug-likeness (QED) is 0.482. The first-order chi connectivity index (χ1) is 14.0. The number of carbonyl (C=O) groups is 3. The first-order valence-electron chi connectivity index (χ1n) is 8.82. The molecule has 29 heavy (non-hydrogen) atoms. The van der Waals surface area contributed by atoms with Crippen LogP contribution in [-0.2, 0) is 4.74 Å². The zero-order chi connectivity index (χ0) is 20.8. The summed E-state index contributed by atoms with van der Waals surface area (Å²) < 4.78 is 15.3. The number of Topliss-reactive ketones (excluding diaryl/α,β-unsaturated/α-hetero) is 1. The smallest absolute Gasteiger partial charge is 0.338 e. The summed E-state index contributed by atoms with van der Waals surface area (Å²) in [6.45, 7) is 1.52. The maximum absolute atomic E-state index is 12.4. The molecule has 0 bridgehead atoms. The maximum Gasteiger partial charge on any atom is 0.338 e. The van der Waals surface area contributed by atoms with E-state index in [9.17, 15) is 14.4 Å². The predicted molar refractivity (Wildman–Crippen MR) is 105 cm³/mol. The lowest BCUT2D eigenvalue weighted by Crippen LogP contribution is -2.24. The second-order valence-electron chi connectivity index (χ2n) is 6.15. The Morgan fingerprint density at radius 1 is 0.931 bits per heavy atom. The molecule has 7 nitrogen and oxygen atoms in total. The molecular formula is C22H19NO6. The number of rotatable bonds is 7. The number of hydrogen-bond acceptors (Lipinski definition) is 6. The number of amides is 1. The third-order valence-corrected chi connectivity index (χ3v) is 4.15. The van der Waals surface area contributed by atoms with Gasteiger partial charge in [-0.3, -0.25) is 9.59 Å². The topological polar surface area (TPSA) is 94.8 Å². The molecule has 1 N–H and O–H groups in total. The Hall–Kier alpha value is -3.87. The van der Waals surface area contributed by atoms with Crippen molar-refractivity contribution in [3.05, 3.63) is 83.8 Å². The molecule has 0 spiro atoms. The molecule has 1 atom stereocenters. The van der Waals surface area contributed by atoms with Gasteiger partial charge in [0.1, 0.15) is 5.75 Å². The molecule has 1 unspecified atom stereocenters. The van der Waals surface area contributed by atoms with Crippen molar-refractivity contribution in [3.63, 3.8) is 0 Å². The minimum absolute atomic E-state index is 0.180. The van der Waals surface area contributed by atoms with Crippen LogP contribution >= 0.6 is 0 Å². The summed E-state index contributed by atoms with van der Waals surface area (Å²) in [4.78, 5) is 36.7. The van der Waals surface area contributed by atoms with Crippen LogP contribution in [0.25, 0.3) is 0 Å². The minimum Gasteiger partial charge on any atom is -0.497 e. The van der Waals surface area contributed by atoms with Gasteiger partial charge in [0.2, 0.25) is 5.78 Å². The summed E-state index contributed by atoms with van der Waals surface area (Å²) in [6.07, 6.45) is 0.455. The number of benzene rings is 2. The van der Waals surface area contributed by atoms with E-state index in [1.807, 2.05) is 0 Å². The number of esters is 1. The Morgan fingerprint density at radius 2 is 1.59 bits per heavy atom. The fourth-order valence-corrected chi connectivity index (χ4v) is 2.56. The van der Waals surface area contributed by atoms with E-state index in [0.717, 1.165) is 0 Å². The van der Waals surface area contributed by atoms with Crippen LogP contribution in [0.4, 0.5) is 5.69 Å². The molecular weight excluding hydrogens is 374 g/mol. The van der Waals surface area contributed by atoms with E-state index in [-0.39, 0.29) is 17.1 Å². The van der Waals surface area contributed by atoms with Crippen molar-refractivity contribution in [2.75, 3.05) is 12.4 Å². The molecule has 2 aromatic carbocycles. The summed E-state index contributed by atoms with van der Waals surface area (Å²) in [7, 11) is 1.54. The third-order valence-electron chi connectivity index (χ3n) is 4.15. The van der Waals surface area contributed by atoms with Gasteiger partial charge in [0.25, 0.3) is 5.91 Å². The second-order valence-corrected chi connectivity index (χ2v) is 6.15.